The number of morpholine rings is 1. The average molecular weight is 235 g/mol. The van der Waals surface area contributed by atoms with Crippen molar-refractivity contribution < 1.29 is 4.74 Å². The largest absolute Gasteiger partial charge is 0.373 e. The van der Waals surface area contributed by atoms with Gasteiger partial charge in [0.15, 0.2) is 0 Å². The SMILES string of the molecule is CC1(C)CN(C(CN)c2ccncc2)CCO1. The van der Waals surface area contributed by atoms with Crippen molar-refractivity contribution >= 4 is 0 Å². The Hall–Kier alpha value is -0.970. The summed E-state index contributed by atoms with van der Waals surface area (Å²) in [7, 11) is 0. The molecule has 17 heavy (non-hydrogen) atoms. The summed E-state index contributed by atoms with van der Waals surface area (Å²) in [5.74, 6) is 0. The lowest BCUT2D eigenvalue weighted by atomic mass is 10.0. The second-order valence-electron chi connectivity index (χ2n) is 5.11. The van der Waals surface area contributed by atoms with Crippen LogP contribution in [-0.2, 0) is 4.74 Å². The Morgan fingerprint density at radius 1 is 1.47 bits per heavy atom. The molecule has 1 aliphatic rings. The Morgan fingerprint density at radius 3 is 2.76 bits per heavy atom. The third-order valence-corrected chi connectivity index (χ3v) is 3.21. The van der Waals surface area contributed by atoms with Gasteiger partial charge in [-0.2, -0.15) is 0 Å². The van der Waals surface area contributed by atoms with E-state index in [9.17, 15) is 0 Å². The maximum absolute atomic E-state index is 5.92. The molecule has 1 aliphatic heterocycles. The van der Waals surface area contributed by atoms with Crippen LogP contribution in [0.2, 0.25) is 0 Å². The monoisotopic (exact) mass is 235 g/mol. The molecule has 1 aromatic rings. The van der Waals surface area contributed by atoms with Crippen LogP contribution >= 0.6 is 0 Å². The van der Waals surface area contributed by atoms with Crippen LogP contribution in [-0.4, -0.2) is 41.7 Å². The van der Waals surface area contributed by atoms with Crippen LogP contribution in [0.3, 0.4) is 0 Å². The first-order chi connectivity index (χ1) is 8.12. The minimum atomic E-state index is -0.0846. The lowest BCUT2D eigenvalue weighted by Gasteiger charge is -2.42. The quantitative estimate of drug-likeness (QED) is 0.855. The molecule has 0 amide bonds. The number of nitrogens with zero attached hydrogens (tertiary/aromatic N) is 2. The zero-order valence-electron chi connectivity index (χ0n) is 10.6. The van der Waals surface area contributed by atoms with Crippen molar-refractivity contribution in [3.63, 3.8) is 0 Å². The zero-order valence-corrected chi connectivity index (χ0v) is 10.6. The molecule has 0 aromatic carbocycles. The van der Waals surface area contributed by atoms with Gasteiger partial charge in [0.1, 0.15) is 0 Å². The van der Waals surface area contributed by atoms with E-state index in [4.69, 9.17) is 10.5 Å². The molecule has 0 saturated carbocycles. The Labute approximate surface area is 103 Å². The lowest BCUT2D eigenvalue weighted by Crippen LogP contribution is -2.50. The number of rotatable bonds is 3. The van der Waals surface area contributed by atoms with Gasteiger partial charge in [0.25, 0.3) is 0 Å². The molecule has 0 radical (unpaired) electrons. The zero-order chi connectivity index (χ0) is 12.3. The number of nitrogens with two attached hydrogens (primary N) is 1. The van der Waals surface area contributed by atoms with E-state index in [0.29, 0.717) is 6.54 Å². The third kappa shape index (κ3) is 3.03. The molecule has 0 aliphatic carbocycles. The second kappa shape index (κ2) is 5.12. The summed E-state index contributed by atoms with van der Waals surface area (Å²) in [6, 6.07) is 4.35. The maximum atomic E-state index is 5.92. The van der Waals surface area contributed by atoms with E-state index in [1.807, 2.05) is 24.5 Å². The molecule has 1 aromatic heterocycles. The van der Waals surface area contributed by atoms with Gasteiger partial charge in [0.05, 0.1) is 12.2 Å². The Kier molecular flexibility index (Phi) is 3.76. The second-order valence-corrected chi connectivity index (χ2v) is 5.11. The van der Waals surface area contributed by atoms with Gasteiger partial charge in [-0.3, -0.25) is 9.88 Å². The van der Waals surface area contributed by atoms with Crippen molar-refractivity contribution in [1.82, 2.24) is 9.88 Å². The molecule has 2 rings (SSSR count). The van der Waals surface area contributed by atoms with E-state index in [-0.39, 0.29) is 11.6 Å². The molecular weight excluding hydrogens is 214 g/mol. The van der Waals surface area contributed by atoms with Crippen molar-refractivity contribution in [2.75, 3.05) is 26.2 Å². The molecule has 2 N–H and O–H groups in total. The molecule has 1 atom stereocenters. The topological polar surface area (TPSA) is 51.4 Å². The van der Waals surface area contributed by atoms with Crippen molar-refractivity contribution in [2.24, 2.45) is 5.73 Å². The van der Waals surface area contributed by atoms with Crippen LogP contribution in [0, 0.1) is 0 Å². The van der Waals surface area contributed by atoms with Crippen LogP contribution in [0.5, 0.6) is 0 Å². The van der Waals surface area contributed by atoms with E-state index in [1.54, 1.807) is 0 Å². The molecule has 4 heteroatoms. The number of ether oxygens (including phenoxy) is 1. The minimum Gasteiger partial charge on any atom is -0.373 e. The number of hydrogen-bond donors (Lipinski definition) is 1. The molecular formula is C13H21N3O. The van der Waals surface area contributed by atoms with Crippen LogP contribution in [0.25, 0.3) is 0 Å². The standard InChI is InChI=1S/C13H21N3O/c1-13(2)10-16(7-8-17-13)12(9-14)11-3-5-15-6-4-11/h3-6,12H,7-10,14H2,1-2H3. The van der Waals surface area contributed by atoms with Crippen molar-refractivity contribution in [2.45, 2.75) is 25.5 Å². The van der Waals surface area contributed by atoms with Gasteiger partial charge in [-0.05, 0) is 31.5 Å². The fourth-order valence-corrected chi connectivity index (χ4v) is 2.40. The number of pyridine rings is 1. The van der Waals surface area contributed by atoms with Gasteiger partial charge in [0.2, 0.25) is 0 Å². The molecule has 1 unspecified atom stereocenters. The third-order valence-electron chi connectivity index (χ3n) is 3.21. The fourth-order valence-electron chi connectivity index (χ4n) is 2.40. The summed E-state index contributed by atoms with van der Waals surface area (Å²) < 4.78 is 5.73. The summed E-state index contributed by atoms with van der Waals surface area (Å²) in [5.41, 5.74) is 7.07. The number of aromatic nitrogens is 1. The first kappa shape index (κ1) is 12.5. The van der Waals surface area contributed by atoms with Gasteiger partial charge >= 0.3 is 0 Å². The highest BCUT2D eigenvalue weighted by Crippen LogP contribution is 2.25. The first-order valence-electron chi connectivity index (χ1n) is 6.10. The number of hydrogen-bond acceptors (Lipinski definition) is 4. The highest BCUT2D eigenvalue weighted by Gasteiger charge is 2.31. The first-order valence-corrected chi connectivity index (χ1v) is 6.10. The molecule has 2 heterocycles. The summed E-state index contributed by atoms with van der Waals surface area (Å²) in [5, 5.41) is 0. The lowest BCUT2D eigenvalue weighted by molar-refractivity contribution is -0.0967. The minimum absolute atomic E-state index is 0.0846. The van der Waals surface area contributed by atoms with Crippen molar-refractivity contribution in [3.05, 3.63) is 30.1 Å². The van der Waals surface area contributed by atoms with E-state index in [2.05, 4.69) is 23.7 Å². The smallest absolute Gasteiger partial charge is 0.0753 e. The summed E-state index contributed by atoms with van der Waals surface area (Å²) in [6.45, 7) is 7.50. The van der Waals surface area contributed by atoms with Crippen molar-refractivity contribution in [3.8, 4) is 0 Å². The highest BCUT2D eigenvalue weighted by atomic mass is 16.5. The Bertz CT molecular complexity index is 353. The fraction of sp³-hybridized carbons (Fsp3) is 0.615. The normalized spacial score (nSPS) is 22.3. The van der Waals surface area contributed by atoms with Gasteiger partial charge in [-0.15, -0.1) is 0 Å². The molecule has 4 nitrogen and oxygen atoms in total. The highest BCUT2D eigenvalue weighted by molar-refractivity contribution is 5.16. The van der Waals surface area contributed by atoms with Crippen LogP contribution in [0.4, 0.5) is 0 Å². The summed E-state index contributed by atoms with van der Waals surface area (Å²) in [6.07, 6.45) is 3.65. The molecule has 94 valence electrons. The Morgan fingerprint density at radius 2 is 2.18 bits per heavy atom. The van der Waals surface area contributed by atoms with E-state index in [0.717, 1.165) is 19.7 Å². The molecule has 1 fully saturated rings. The van der Waals surface area contributed by atoms with Gasteiger partial charge < -0.3 is 10.5 Å². The summed E-state index contributed by atoms with van der Waals surface area (Å²) in [4.78, 5) is 6.45. The van der Waals surface area contributed by atoms with Crippen molar-refractivity contribution in [1.29, 1.82) is 0 Å². The average Bonchev–Trinajstić information content (AvgIpc) is 2.30. The molecule has 0 bridgehead atoms. The Balaban J connectivity index is 2.13. The van der Waals surface area contributed by atoms with Crippen LogP contribution in [0.15, 0.2) is 24.5 Å². The van der Waals surface area contributed by atoms with Gasteiger partial charge in [0, 0.05) is 38.1 Å². The molecule has 1 saturated heterocycles. The predicted octanol–water partition coefficient (Wildman–Crippen LogP) is 1.19. The van der Waals surface area contributed by atoms with Crippen LogP contribution < -0.4 is 5.73 Å². The predicted molar refractivity (Wildman–Crippen MR) is 67.6 cm³/mol. The van der Waals surface area contributed by atoms with Gasteiger partial charge in [-0.1, -0.05) is 0 Å². The van der Waals surface area contributed by atoms with Gasteiger partial charge in [-0.25, -0.2) is 0 Å². The summed E-state index contributed by atoms with van der Waals surface area (Å²) >= 11 is 0. The van der Waals surface area contributed by atoms with E-state index >= 15 is 0 Å². The van der Waals surface area contributed by atoms with E-state index in [1.165, 1.54) is 5.56 Å². The van der Waals surface area contributed by atoms with Crippen LogP contribution in [0.1, 0.15) is 25.5 Å². The maximum Gasteiger partial charge on any atom is 0.0753 e. The van der Waals surface area contributed by atoms with E-state index < -0.39 is 0 Å². The molecule has 0 spiro atoms.